The molecule has 8 nitrogen and oxygen atoms in total. The highest BCUT2D eigenvalue weighted by Crippen LogP contribution is 2.21. The van der Waals surface area contributed by atoms with Crippen LogP contribution >= 0.6 is 0 Å². The molecule has 0 aliphatic heterocycles. The summed E-state index contributed by atoms with van der Waals surface area (Å²) in [5, 5.41) is 0. The molecule has 0 aliphatic carbocycles. The Kier molecular flexibility index (Phi) is 4.74. The van der Waals surface area contributed by atoms with Crippen molar-refractivity contribution < 1.29 is 0 Å². The molecule has 4 aromatic heterocycles. The van der Waals surface area contributed by atoms with Crippen LogP contribution in [0.2, 0.25) is 0 Å². The number of rotatable bonds is 0. The quantitative estimate of drug-likeness (QED) is 0.485. The Balaban J connectivity index is 0.000000161. The van der Waals surface area contributed by atoms with Crippen molar-refractivity contribution in [2.24, 2.45) is 0 Å². The van der Waals surface area contributed by atoms with Gasteiger partial charge >= 0.3 is 0 Å². The van der Waals surface area contributed by atoms with Gasteiger partial charge in [0.2, 0.25) is 5.95 Å². The van der Waals surface area contributed by atoms with Gasteiger partial charge in [0.1, 0.15) is 11.3 Å². The summed E-state index contributed by atoms with van der Waals surface area (Å²) in [4.78, 5) is 17.4. The van der Waals surface area contributed by atoms with Gasteiger partial charge in [-0.15, -0.1) is 0 Å². The first-order valence-corrected chi connectivity index (χ1v) is 9.21. The van der Waals surface area contributed by atoms with E-state index >= 15 is 0 Å². The van der Waals surface area contributed by atoms with Crippen LogP contribution < -0.4 is 11.5 Å². The molecule has 0 radical (unpaired) electrons. The average Bonchev–Trinajstić information content (AvgIpc) is 3.07. The molecule has 148 valence electrons. The fourth-order valence-electron chi connectivity index (χ4n) is 3.72. The van der Waals surface area contributed by atoms with Crippen LogP contribution in [-0.2, 0) is 0 Å². The lowest BCUT2D eigenvalue weighted by atomic mass is 10.2. The zero-order valence-electron chi connectivity index (χ0n) is 17.8. The van der Waals surface area contributed by atoms with Gasteiger partial charge in [-0.2, -0.15) is 0 Å². The fraction of sp³-hybridized carbons (Fsp3) is 0.400. The summed E-state index contributed by atoms with van der Waals surface area (Å²) in [6, 6.07) is 0. The van der Waals surface area contributed by atoms with Crippen molar-refractivity contribution in [2.75, 3.05) is 11.5 Å². The van der Waals surface area contributed by atoms with Gasteiger partial charge in [0.05, 0.1) is 34.0 Å². The molecule has 0 aliphatic rings. The van der Waals surface area contributed by atoms with E-state index in [0.717, 1.165) is 56.7 Å². The zero-order chi connectivity index (χ0) is 20.9. The van der Waals surface area contributed by atoms with Gasteiger partial charge in [0.25, 0.3) is 0 Å². The third-order valence-electron chi connectivity index (χ3n) is 5.22. The number of nitrogens with zero attached hydrogens (tertiary/aromatic N) is 6. The molecule has 4 aromatic rings. The minimum atomic E-state index is 0.545. The summed E-state index contributed by atoms with van der Waals surface area (Å²) in [7, 11) is 0. The first-order chi connectivity index (χ1) is 13.0. The van der Waals surface area contributed by atoms with Gasteiger partial charge in [-0.05, 0) is 55.4 Å². The van der Waals surface area contributed by atoms with Crippen LogP contribution in [0.25, 0.3) is 11.0 Å². The van der Waals surface area contributed by atoms with Gasteiger partial charge in [-0.1, -0.05) is 0 Å². The Morgan fingerprint density at radius 2 is 1.00 bits per heavy atom. The van der Waals surface area contributed by atoms with Crippen molar-refractivity contribution >= 4 is 22.8 Å². The second kappa shape index (κ2) is 6.78. The molecule has 0 spiro atoms. The number of nitrogens with two attached hydrogens (primary N) is 2. The smallest absolute Gasteiger partial charge is 0.205 e. The van der Waals surface area contributed by atoms with Crippen LogP contribution in [0.15, 0.2) is 0 Å². The SMILES string of the molecule is Cc1nc(C)c2c(C)nc(N)n2c1C.Cc1nc(C)c2c(N)nc(C)n2c1C. The van der Waals surface area contributed by atoms with Gasteiger partial charge < -0.3 is 11.5 Å². The standard InChI is InChI=1S/2C10H14N4/c1-5-8(4)14-9(6(2)12-5)7(3)13-10(14)11;1-5-7(3)14-8(4)13-10(11)9(14)6(2)12-5/h1-4H3,(H2,11,13);11H2,1-4H3. The van der Waals surface area contributed by atoms with Crippen molar-refractivity contribution in [3.63, 3.8) is 0 Å². The monoisotopic (exact) mass is 380 g/mol. The summed E-state index contributed by atoms with van der Waals surface area (Å²) in [5.74, 6) is 2.03. The number of aryl methyl sites for hydroxylation is 8. The van der Waals surface area contributed by atoms with Crippen molar-refractivity contribution in [2.45, 2.75) is 55.4 Å². The Bertz CT molecular complexity index is 1120. The molecule has 0 atom stereocenters. The van der Waals surface area contributed by atoms with E-state index < -0.39 is 0 Å². The second-order valence-electron chi connectivity index (χ2n) is 7.20. The van der Waals surface area contributed by atoms with Crippen LogP contribution in [0, 0.1) is 55.4 Å². The maximum absolute atomic E-state index is 5.84. The number of hydrogen-bond acceptors (Lipinski definition) is 6. The number of anilines is 2. The lowest BCUT2D eigenvalue weighted by Gasteiger charge is -2.07. The largest absolute Gasteiger partial charge is 0.382 e. The maximum Gasteiger partial charge on any atom is 0.205 e. The Morgan fingerprint density at radius 1 is 0.536 bits per heavy atom. The molecular formula is C20H28N8. The number of hydrogen-bond donors (Lipinski definition) is 2. The molecule has 0 unspecified atom stereocenters. The lowest BCUT2D eigenvalue weighted by Crippen LogP contribution is -2.03. The summed E-state index contributed by atoms with van der Waals surface area (Å²) in [6.07, 6.45) is 0. The summed E-state index contributed by atoms with van der Waals surface area (Å²) in [6.45, 7) is 15.9. The van der Waals surface area contributed by atoms with Crippen LogP contribution in [0.1, 0.15) is 45.7 Å². The van der Waals surface area contributed by atoms with E-state index in [1.165, 1.54) is 0 Å². The minimum Gasteiger partial charge on any atom is -0.382 e. The second-order valence-corrected chi connectivity index (χ2v) is 7.20. The first-order valence-electron chi connectivity index (χ1n) is 9.21. The minimum absolute atomic E-state index is 0.545. The van der Waals surface area contributed by atoms with Crippen LogP contribution in [0.4, 0.5) is 11.8 Å². The molecule has 0 fully saturated rings. The van der Waals surface area contributed by atoms with E-state index in [0.29, 0.717) is 11.8 Å². The number of nitrogen functional groups attached to an aromatic ring is 2. The molecule has 0 aromatic carbocycles. The van der Waals surface area contributed by atoms with Crippen LogP contribution in [0.3, 0.4) is 0 Å². The third-order valence-corrected chi connectivity index (χ3v) is 5.22. The molecule has 4 heterocycles. The van der Waals surface area contributed by atoms with Crippen molar-refractivity contribution in [3.05, 3.63) is 45.7 Å². The molecule has 4 N–H and O–H groups in total. The average molecular weight is 381 g/mol. The molecule has 0 amide bonds. The highest BCUT2D eigenvalue weighted by Gasteiger charge is 2.13. The summed E-state index contributed by atoms with van der Waals surface area (Å²) in [5.41, 5.74) is 20.7. The zero-order valence-corrected chi connectivity index (χ0v) is 17.8. The molecule has 0 bridgehead atoms. The topological polar surface area (TPSA) is 112 Å². The van der Waals surface area contributed by atoms with Crippen molar-refractivity contribution in [1.82, 2.24) is 28.7 Å². The first kappa shape index (κ1) is 19.6. The Morgan fingerprint density at radius 3 is 1.57 bits per heavy atom. The molecular weight excluding hydrogens is 352 g/mol. The van der Waals surface area contributed by atoms with Crippen LogP contribution in [-0.4, -0.2) is 28.7 Å². The highest BCUT2D eigenvalue weighted by molar-refractivity contribution is 5.70. The summed E-state index contributed by atoms with van der Waals surface area (Å²) < 4.78 is 4.03. The van der Waals surface area contributed by atoms with Crippen molar-refractivity contribution in [1.29, 1.82) is 0 Å². The molecule has 4 rings (SSSR count). The lowest BCUT2D eigenvalue weighted by molar-refractivity contribution is 0.931. The Hall–Kier alpha value is -3.16. The van der Waals surface area contributed by atoms with Gasteiger partial charge in [0, 0.05) is 11.4 Å². The van der Waals surface area contributed by atoms with Crippen molar-refractivity contribution in [3.8, 4) is 0 Å². The molecule has 8 heteroatoms. The van der Waals surface area contributed by atoms with Gasteiger partial charge in [-0.3, -0.25) is 18.8 Å². The van der Waals surface area contributed by atoms with Crippen LogP contribution in [0.5, 0.6) is 0 Å². The van der Waals surface area contributed by atoms with E-state index in [-0.39, 0.29) is 0 Å². The maximum atomic E-state index is 5.84. The van der Waals surface area contributed by atoms with E-state index in [4.69, 9.17) is 11.5 Å². The highest BCUT2D eigenvalue weighted by atomic mass is 15.1. The number of aromatic nitrogens is 6. The number of fused-ring (bicyclic) bond motifs is 2. The van der Waals surface area contributed by atoms with E-state index in [9.17, 15) is 0 Å². The molecule has 0 saturated heterocycles. The van der Waals surface area contributed by atoms with Gasteiger partial charge in [0.15, 0.2) is 5.82 Å². The molecule has 0 saturated carbocycles. The Labute approximate surface area is 164 Å². The molecule has 28 heavy (non-hydrogen) atoms. The van der Waals surface area contributed by atoms with Gasteiger partial charge in [-0.25, -0.2) is 9.97 Å². The normalized spacial score (nSPS) is 11.1. The van der Waals surface area contributed by atoms with E-state index in [1.54, 1.807) is 0 Å². The van der Waals surface area contributed by atoms with E-state index in [1.807, 2.05) is 59.8 Å². The summed E-state index contributed by atoms with van der Waals surface area (Å²) >= 11 is 0. The number of imidazole rings is 2. The predicted octanol–water partition coefficient (Wildman–Crippen LogP) is 3.09. The predicted molar refractivity (Wildman–Crippen MR) is 113 cm³/mol. The fourth-order valence-corrected chi connectivity index (χ4v) is 3.72. The third kappa shape index (κ3) is 2.94. The van der Waals surface area contributed by atoms with E-state index in [2.05, 4.69) is 24.3 Å².